The summed E-state index contributed by atoms with van der Waals surface area (Å²) >= 11 is 0. The molecular formula is C51H53FN6O7. The number of carbonyl (C=O) groups excluding carboxylic acids is 4. The van der Waals surface area contributed by atoms with Crippen LogP contribution in [0.5, 0.6) is 11.5 Å². The van der Waals surface area contributed by atoms with E-state index in [4.69, 9.17) is 14.2 Å². The van der Waals surface area contributed by atoms with Gasteiger partial charge in [0, 0.05) is 51.1 Å². The molecule has 8 rings (SSSR count). The first-order valence-corrected chi connectivity index (χ1v) is 21.9. The van der Waals surface area contributed by atoms with Crippen LogP contribution in [0, 0.1) is 5.82 Å². The van der Waals surface area contributed by atoms with E-state index in [1.165, 1.54) is 30.7 Å². The van der Waals surface area contributed by atoms with Crippen molar-refractivity contribution in [2.24, 2.45) is 0 Å². The lowest BCUT2D eigenvalue weighted by atomic mass is 9.98. The maximum absolute atomic E-state index is 14.5. The molecule has 0 spiro atoms. The van der Waals surface area contributed by atoms with Gasteiger partial charge < -0.3 is 34.2 Å². The Kier molecular flexibility index (Phi) is 12.7. The molecule has 1 aliphatic carbocycles. The van der Waals surface area contributed by atoms with E-state index in [0.29, 0.717) is 49.9 Å². The average molecular weight is 881 g/mol. The van der Waals surface area contributed by atoms with Gasteiger partial charge in [0.1, 0.15) is 36.1 Å². The van der Waals surface area contributed by atoms with Gasteiger partial charge in [0.25, 0.3) is 5.91 Å². The van der Waals surface area contributed by atoms with E-state index < -0.39 is 29.5 Å². The zero-order valence-electron chi connectivity index (χ0n) is 37.5. The Balaban J connectivity index is 0.964. The molecule has 5 aromatic rings. The molecule has 0 radical (unpaired) electrons. The van der Waals surface area contributed by atoms with Gasteiger partial charge in [-0.05, 0) is 111 Å². The Morgan fingerprint density at radius 2 is 1.51 bits per heavy atom. The third-order valence-electron chi connectivity index (χ3n) is 11.9. The SMILES string of the molecule is CCN(C(=O)c1cc(F)ccc1Oc1cncnc1N1CC2=C(CN(C(=O)[C@H](Cc3ccc(C(=O)OC(C)(C)C)cc3)NC(=O)OCC3c4ccccc4-c4ccccc43)C2)C1)C(C)C. The smallest absolute Gasteiger partial charge is 0.407 e. The molecule has 4 aromatic carbocycles. The Bertz CT molecular complexity index is 2600. The second-order valence-electron chi connectivity index (χ2n) is 17.8. The molecule has 3 heterocycles. The van der Waals surface area contributed by atoms with Gasteiger partial charge in [-0.3, -0.25) is 9.59 Å². The van der Waals surface area contributed by atoms with Gasteiger partial charge in [0.15, 0.2) is 11.6 Å². The Morgan fingerprint density at radius 1 is 0.862 bits per heavy atom. The number of anilines is 1. The van der Waals surface area contributed by atoms with E-state index in [1.54, 1.807) is 54.8 Å². The molecule has 1 atom stereocenters. The highest BCUT2D eigenvalue weighted by molar-refractivity contribution is 5.97. The van der Waals surface area contributed by atoms with Gasteiger partial charge in [-0.15, -0.1) is 0 Å². The quantitative estimate of drug-likeness (QED) is 0.0906. The van der Waals surface area contributed by atoms with Crippen molar-refractivity contribution in [2.45, 2.75) is 71.6 Å². The number of nitrogens with zero attached hydrogens (tertiary/aromatic N) is 5. The largest absolute Gasteiger partial charge is 0.456 e. The number of hydrogen-bond acceptors (Lipinski definition) is 10. The third kappa shape index (κ3) is 9.71. The summed E-state index contributed by atoms with van der Waals surface area (Å²) in [5.74, 6) is -0.858. The molecule has 336 valence electrons. The molecule has 2 aliphatic heterocycles. The number of halogens is 1. The number of benzene rings is 4. The number of hydrogen-bond donors (Lipinski definition) is 1. The lowest BCUT2D eigenvalue weighted by Crippen LogP contribution is -2.50. The second-order valence-corrected chi connectivity index (χ2v) is 17.8. The van der Waals surface area contributed by atoms with Gasteiger partial charge in [0.2, 0.25) is 5.91 Å². The fourth-order valence-electron chi connectivity index (χ4n) is 8.83. The lowest BCUT2D eigenvalue weighted by molar-refractivity contribution is -0.132. The molecule has 13 nitrogen and oxygen atoms in total. The highest BCUT2D eigenvalue weighted by Gasteiger charge is 2.38. The zero-order chi connectivity index (χ0) is 46.0. The van der Waals surface area contributed by atoms with Crippen LogP contribution in [0.3, 0.4) is 0 Å². The molecule has 0 saturated heterocycles. The maximum Gasteiger partial charge on any atom is 0.407 e. The number of carbonyl (C=O) groups is 4. The Morgan fingerprint density at radius 3 is 2.12 bits per heavy atom. The summed E-state index contributed by atoms with van der Waals surface area (Å²) in [5.41, 5.74) is 6.95. The predicted molar refractivity (Wildman–Crippen MR) is 243 cm³/mol. The minimum Gasteiger partial charge on any atom is -0.456 e. The summed E-state index contributed by atoms with van der Waals surface area (Å²) in [6, 6.07) is 25.8. The van der Waals surface area contributed by atoms with Crippen LogP contribution < -0.4 is 15.0 Å². The van der Waals surface area contributed by atoms with Gasteiger partial charge in [-0.2, -0.15) is 0 Å². The number of aromatic nitrogens is 2. The molecule has 65 heavy (non-hydrogen) atoms. The molecule has 0 unspecified atom stereocenters. The van der Waals surface area contributed by atoms with Crippen molar-refractivity contribution < 1.29 is 37.8 Å². The zero-order valence-corrected chi connectivity index (χ0v) is 37.5. The molecule has 0 fully saturated rings. The van der Waals surface area contributed by atoms with Crippen molar-refractivity contribution in [3.05, 3.63) is 148 Å². The van der Waals surface area contributed by atoms with E-state index in [1.807, 2.05) is 62.1 Å². The number of fused-ring (bicyclic) bond motifs is 3. The van der Waals surface area contributed by atoms with Crippen LogP contribution in [-0.2, 0) is 20.7 Å². The number of ether oxygens (including phenoxy) is 3. The van der Waals surface area contributed by atoms with Gasteiger partial charge in [0.05, 0.1) is 17.3 Å². The summed E-state index contributed by atoms with van der Waals surface area (Å²) in [4.78, 5) is 68.6. The van der Waals surface area contributed by atoms with Crippen LogP contribution in [0.25, 0.3) is 11.1 Å². The van der Waals surface area contributed by atoms with E-state index >= 15 is 0 Å². The topological polar surface area (TPSA) is 144 Å². The normalized spacial score (nSPS) is 14.8. The summed E-state index contributed by atoms with van der Waals surface area (Å²) < 4.78 is 32.2. The van der Waals surface area contributed by atoms with Crippen molar-refractivity contribution in [3.63, 3.8) is 0 Å². The number of esters is 1. The van der Waals surface area contributed by atoms with Crippen LogP contribution in [0.2, 0.25) is 0 Å². The molecule has 1 N–H and O–H groups in total. The highest BCUT2D eigenvalue weighted by Crippen LogP contribution is 2.44. The number of amides is 3. The fourth-order valence-corrected chi connectivity index (χ4v) is 8.83. The summed E-state index contributed by atoms with van der Waals surface area (Å²) in [6.07, 6.45) is 2.36. The summed E-state index contributed by atoms with van der Waals surface area (Å²) in [7, 11) is 0. The standard InChI is InChI=1S/C51H53FN6O7/c1-7-58(31(2)3)47(59)41-23-36(52)20-21-44(41)64-45-24-53-30-54-46(45)56-25-34-27-57(28-35(34)26-56)48(60)43(22-32-16-18-33(19-17-32)49(61)65-51(4,5)6)55-50(62)63-29-42-39-14-10-8-12-37(39)38-13-9-11-15-40(38)42/h8-21,23-24,30-31,42-43H,7,22,25-29H2,1-6H3,(H,55,62)/t43-/m0/s1. The molecule has 3 aliphatic rings. The van der Waals surface area contributed by atoms with E-state index in [0.717, 1.165) is 39.0 Å². The molecule has 0 saturated carbocycles. The minimum atomic E-state index is -0.983. The number of nitrogens with one attached hydrogen (secondary N) is 1. The summed E-state index contributed by atoms with van der Waals surface area (Å²) in [6.45, 7) is 13.1. The van der Waals surface area contributed by atoms with Crippen LogP contribution in [0.4, 0.5) is 15.0 Å². The van der Waals surface area contributed by atoms with Crippen LogP contribution in [0.15, 0.2) is 115 Å². The van der Waals surface area contributed by atoms with Crippen molar-refractivity contribution in [3.8, 4) is 22.6 Å². The van der Waals surface area contributed by atoms with Gasteiger partial charge in [-0.25, -0.2) is 23.9 Å². The van der Waals surface area contributed by atoms with Crippen LogP contribution >= 0.6 is 0 Å². The molecular weight excluding hydrogens is 828 g/mol. The molecule has 1 aromatic heterocycles. The van der Waals surface area contributed by atoms with Gasteiger partial charge in [-0.1, -0.05) is 60.7 Å². The maximum atomic E-state index is 14.5. The first-order chi connectivity index (χ1) is 31.2. The van der Waals surface area contributed by atoms with Crippen molar-refractivity contribution in [2.75, 3.05) is 44.2 Å². The summed E-state index contributed by atoms with van der Waals surface area (Å²) in [5, 5.41) is 2.89. The molecule has 0 bridgehead atoms. The van der Waals surface area contributed by atoms with Crippen molar-refractivity contribution in [1.29, 1.82) is 0 Å². The van der Waals surface area contributed by atoms with Gasteiger partial charge >= 0.3 is 12.1 Å². The van der Waals surface area contributed by atoms with Crippen molar-refractivity contribution >= 4 is 29.7 Å². The Hall–Kier alpha value is -7.09. The fraction of sp³-hybridized carbons (Fsp3) is 0.333. The monoisotopic (exact) mass is 880 g/mol. The predicted octanol–water partition coefficient (Wildman–Crippen LogP) is 8.34. The first-order valence-electron chi connectivity index (χ1n) is 21.9. The number of rotatable bonds is 13. The first kappa shape index (κ1) is 44.5. The minimum absolute atomic E-state index is 0.0867. The highest BCUT2D eigenvalue weighted by atomic mass is 19.1. The van der Waals surface area contributed by atoms with E-state index in [2.05, 4.69) is 27.4 Å². The third-order valence-corrected chi connectivity index (χ3v) is 11.9. The van der Waals surface area contributed by atoms with Crippen molar-refractivity contribution in [1.82, 2.24) is 25.1 Å². The number of alkyl carbamates (subject to hydrolysis) is 1. The second kappa shape index (κ2) is 18.6. The Labute approximate surface area is 378 Å². The average Bonchev–Trinajstić information content (AvgIpc) is 3.96. The van der Waals surface area contributed by atoms with Crippen LogP contribution in [-0.4, -0.2) is 101 Å². The van der Waals surface area contributed by atoms with E-state index in [9.17, 15) is 23.6 Å². The lowest BCUT2D eigenvalue weighted by Gasteiger charge is -2.28. The van der Waals surface area contributed by atoms with E-state index in [-0.39, 0.29) is 48.1 Å². The van der Waals surface area contributed by atoms with Crippen LogP contribution in [0.1, 0.15) is 84.9 Å². The molecule has 3 amide bonds. The molecule has 14 heteroatoms.